The molecule has 0 spiro atoms. The van der Waals surface area contributed by atoms with E-state index >= 15 is 0 Å². The quantitative estimate of drug-likeness (QED) is 0.599. The smallest absolute Gasteiger partial charge is 0.310 e. The van der Waals surface area contributed by atoms with Crippen molar-refractivity contribution in [3.8, 4) is 0 Å². The van der Waals surface area contributed by atoms with Crippen LogP contribution in [0.5, 0.6) is 0 Å². The number of nitrogens with one attached hydrogen (secondary N) is 2. The summed E-state index contributed by atoms with van der Waals surface area (Å²) in [6.45, 7) is 3.75. The monoisotopic (exact) mass is 268 g/mol. The van der Waals surface area contributed by atoms with Crippen LogP contribution in [-0.2, 0) is 14.3 Å². The van der Waals surface area contributed by atoms with Crippen LogP contribution in [-0.4, -0.2) is 48.8 Å². The molecule has 1 heterocycles. The van der Waals surface area contributed by atoms with E-state index < -0.39 is 11.9 Å². The van der Waals surface area contributed by atoms with Crippen molar-refractivity contribution < 1.29 is 19.4 Å². The number of carboxylic acid groups (broad SMARTS) is 1. The van der Waals surface area contributed by atoms with Gasteiger partial charge in [-0.2, -0.15) is 0 Å². The summed E-state index contributed by atoms with van der Waals surface area (Å²) in [5.74, 6) is -1.60. The van der Waals surface area contributed by atoms with E-state index in [1.807, 2.05) is 6.92 Å². The first-order valence-corrected chi connectivity index (χ1v) is 6.64. The Balaban J connectivity index is 1.85. The van der Waals surface area contributed by atoms with E-state index in [0.29, 0.717) is 19.6 Å². The fourth-order valence-corrected chi connectivity index (χ4v) is 2.55. The first-order chi connectivity index (χ1) is 9.11. The molecule has 4 unspecified atom stereocenters. The minimum Gasteiger partial charge on any atom is -0.481 e. The van der Waals surface area contributed by atoms with Crippen LogP contribution in [0.2, 0.25) is 0 Å². The van der Waals surface area contributed by atoms with Gasteiger partial charge in [0.25, 0.3) is 0 Å². The molecule has 0 saturated carbocycles. The van der Waals surface area contributed by atoms with Gasteiger partial charge in [-0.05, 0) is 13.0 Å². The molecule has 1 fully saturated rings. The van der Waals surface area contributed by atoms with E-state index in [0.717, 1.165) is 6.54 Å². The Morgan fingerprint density at radius 2 is 2.16 bits per heavy atom. The van der Waals surface area contributed by atoms with Crippen molar-refractivity contribution in [2.24, 2.45) is 11.8 Å². The second-order valence-corrected chi connectivity index (χ2v) is 4.99. The van der Waals surface area contributed by atoms with Gasteiger partial charge in [0, 0.05) is 12.1 Å². The van der Waals surface area contributed by atoms with Crippen molar-refractivity contribution >= 4 is 11.9 Å². The molecule has 3 N–H and O–H groups in total. The topological polar surface area (TPSA) is 87.7 Å². The lowest BCUT2D eigenvalue weighted by Gasteiger charge is -2.20. The molecule has 6 heteroatoms. The van der Waals surface area contributed by atoms with Crippen molar-refractivity contribution in [1.29, 1.82) is 0 Å². The summed E-state index contributed by atoms with van der Waals surface area (Å²) in [4.78, 5) is 23.0. The summed E-state index contributed by atoms with van der Waals surface area (Å²) in [5, 5.41) is 15.0. The predicted octanol–water partition coefficient (Wildman–Crippen LogP) is -0.244. The maximum absolute atomic E-state index is 12.2. The molecule has 4 atom stereocenters. The van der Waals surface area contributed by atoms with Gasteiger partial charge in [-0.3, -0.25) is 9.59 Å². The van der Waals surface area contributed by atoms with E-state index in [1.54, 1.807) is 12.2 Å². The van der Waals surface area contributed by atoms with Crippen LogP contribution in [0.1, 0.15) is 13.3 Å². The van der Waals surface area contributed by atoms with E-state index in [2.05, 4.69) is 10.6 Å². The lowest BCUT2D eigenvalue weighted by Crippen LogP contribution is -2.46. The lowest BCUT2D eigenvalue weighted by atomic mass is 10.0. The third-order valence-corrected chi connectivity index (χ3v) is 3.61. The molecule has 0 aromatic rings. The molecule has 1 saturated heterocycles. The molecule has 1 aliphatic carbocycles. The van der Waals surface area contributed by atoms with Crippen LogP contribution in [0.3, 0.4) is 0 Å². The average Bonchev–Trinajstić information content (AvgIpc) is 2.98. The normalized spacial score (nSPS) is 33.5. The third-order valence-electron chi connectivity index (χ3n) is 3.61. The number of hydrogen-bond donors (Lipinski definition) is 3. The standard InChI is InChI=1S/C13H20N2O4/c1-2-14-11-7-19-6-10(11)12(16)15-9-4-3-8(5-9)13(17)18/h3-4,8-11,14H,2,5-7H2,1H3,(H,15,16)(H,17,18). The number of rotatable bonds is 5. The average molecular weight is 268 g/mol. The largest absolute Gasteiger partial charge is 0.481 e. The molecule has 0 aromatic heterocycles. The van der Waals surface area contributed by atoms with Gasteiger partial charge < -0.3 is 20.5 Å². The van der Waals surface area contributed by atoms with Gasteiger partial charge in [0.1, 0.15) is 0 Å². The van der Waals surface area contributed by atoms with Gasteiger partial charge in [-0.1, -0.05) is 19.1 Å². The number of carboxylic acids is 1. The van der Waals surface area contributed by atoms with Crippen LogP contribution in [0.15, 0.2) is 12.2 Å². The molecule has 19 heavy (non-hydrogen) atoms. The summed E-state index contributed by atoms with van der Waals surface area (Å²) < 4.78 is 5.33. The minimum absolute atomic E-state index is 0.0469. The number of likely N-dealkylation sites (N-methyl/N-ethyl adjacent to an activating group) is 1. The molecular weight excluding hydrogens is 248 g/mol. The highest BCUT2D eigenvalue weighted by Crippen LogP contribution is 2.20. The van der Waals surface area contributed by atoms with Crippen molar-refractivity contribution in [3.63, 3.8) is 0 Å². The van der Waals surface area contributed by atoms with Crippen molar-refractivity contribution in [1.82, 2.24) is 10.6 Å². The number of carbonyl (C=O) groups excluding carboxylic acids is 1. The molecule has 6 nitrogen and oxygen atoms in total. The maximum atomic E-state index is 12.2. The Kier molecular flexibility index (Phi) is 4.55. The fraction of sp³-hybridized carbons (Fsp3) is 0.692. The molecule has 0 radical (unpaired) electrons. The van der Waals surface area contributed by atoms with E-state index in [-0.39, 0.29) is 23.9 Å². The second-order valence-electron chi connectivity index (χ2n) is 4.99. The van der Waals surface area contributed by atoms with Crippen molar-refractivity contribution in [2.45, 2.75) is 25.4 Å². The molecular formula is C13H20N2O4. The van der Waals surface area contributed by atoms with Crippen LogP contribution in [0.4, 0.5) is 0 Å². The van der Waals surface area contributed by atoms with Crippen molar-refractivity contribution in [3.05, 3.63) is 12.2 Å². The zero-order valence-corrected chi connectivity index (χ0v) is 11.0. The predicted molar refractivity (Wildman–Crippen MR) is 68.6 cm³/mol. The minimum atomic E-state index is -0.845. The summed E-state index contributed by atoms with van der Waals surface area (Å²) in [5.41, 5.74) is 0. The number of carbonyl (C=O) groups is 2. The van der Waals surface area contributed by atoms with Crippen LogP contribution < -0.4 is 10.6 Å². The van der Waals surface area contributed by atoms with Gasteiger partial charge in [0.2, 0.25) is 5.91 Å². The van der Waals surface area contributed by atoms with Crippen LogP contribution in [0, 0.1) is 11.8 Å². The highest BCUT2D eigenvalue weighted by atomic mass is 16.5. The van der Waals surface area contributed by atoms with E-state index in [1.165, 1.54) is 0 Å². The Morgan fingerprint density at radius 3 is 2.79 bits per heavy atom. The Labute approximate surface area is 112 Å². The molecule has 2 rings (SSSR count). The molecule has 0 aromatic carbocycles. The number of aliphatic carboxylic acids is 1. The highest BCUT2D eigenvalue weighted by molar-refractivity contribution is 5.81. The Bertz CT molecular complexity index is 383. The molecule has 2 aliphatic rings. The Hall–Kier alpha value is -1.40. The molecule has 1 amide bonds. The van der Waals surface area contributed by atoms with Crippen LogP contribution >= 0.6 is 0 Å². The zero-order chi connectivity index (χ0) is 13.8. The van der Waals surface area contributed by atoms with Gasteiger partial charge in [-0.15, -0.1) is 0 Å². The molecule has 1 aliphatic heterocycles. The number of ether oxygens (including phenoxy) is 1. The lowest BCUT2D eigenvalue weighted by molar-refractivity contribution is -0.140. The first-order valence-electron chi connectivity index (χ1n) is 6.64. The Morgan fingerprint density at radius 1 is 1.37 bits per heavy atom. The SMILES string of the molecule is CCNC1COCC1C(=O)NC1C=CC(C(=O)O)C1. The van der Waals surface area contributed by atoms with Crippen molar-refractivity contribution in [2.75, 3.05) is 19.8 Å². The number of hydrogen-bond acceptors (Lipinski definition) is 4. The van der Waals surface area contributed by atoms with E-state index in [4.69, 9.17) is 9.84 Å². The summed E-state index contributed by atoms with van der Waals surface area (Å²) in [6.07, 6.45) is 3.83. The number of amides is 1. The van der Waals surface area contributed by atoms with Crippen LogP contribution in [0.25, 0.3) is 0 Å². The summed E-state index contributed by atoms with van der Waals surface area (Å²) in [6, 6.07) is -0.137. The van der Waals surface area contributed by atoms with Gasteiger partial charge in [-0.25, -0.2) is 0 Å². The second kappa shape index (κ2) is 6.16. The maximum Gasteiger partial charge on any atom is 0.310 e. The van der Waals surface area contributed by atoms with Gasteiger partial charge in [0.15, 0.2) is 0 Å². The molecule has 106 valence electrons. The first kappa shape index (κ1) is 14.0. The van der Waals surface area contributed by atoms with E-state index in [9.17, 15) is 9.59 Å². The summed E-state index contributed by atoms with van der Waals surface area (Å²) in [7, 11) is 0. The fourth-order valence-electron chi connectivity index (χ4n) is 2.55. The summed E-state index contributed by atoms with van der Waals surface area (Å²) >= 11 is 0. The third kappa shape index (κ3) is 3.33. The van der Waals surface area contributed by atoms with Gasteiger partial charge >= 0.3 is 5.97 Å². The zero-order valence-electron chi connectivity index (χ0n) is 11.0. The van der Waals surface area contributed by atoms with Gasteiger partial charge in [0.05, 0.1) is 25.0 Å². The highest BCUT2D eigenvalue weighted by Gasteiger charge is 2.35. The molecule has 0 bridgehead atoms.